The van der Waals surface area contributed by atoms with Crippen molar-refractivity contribution in [3.63, 3.8) is 0 Å². The lowest BCUT2D eigenvalue weighted by Gasteiger charge is -1.92. The molecular formula is C14H10N2O2S2. The van der Waals surface area contributed by atoms with Gasteiger partial charge < -0.3 is 4.55 Å². The highest BCUT2D eigenvalue weighted by Gasteiger charge is 1.90. The fraction of sp³-hybridized carbons (Fsp3) is 0. The Hall–Kier alpha value is -2.07. The molecule has 2 rings (SSSR count). The second-order valence-electron chi connectivity index (χ2n) is 3.33. The predicted molar refractivity (Wildman–Crippen MR) is 83.8 cm³/mol. The van der Waals surface area contributed by atoms with Crippen LogP contribution in [0.1, 0.15) is 0 Å². The topological polar surface area (TPSA) is 62.0 Å². The van der Waals surface area contributed by atoms with Gasteiger partial charge in [0.25, 0.3) is 0 Å². The van der Waals surface area contributed by atoms with Gasteiger partial charge >= 0.3 is 0 Å². The number of carbonyl (C=O) groups excluding carboxylic acids is 1. The number of thiocarbonyl (C=S) groups is 1. The normalized spacial score (nSPS) is 8.45. The first-order valence-electron chi connectivity index (χ1n) is 5.42. The molecule has 0 atom stereocenters. The monoisotopic (exact) mass is 302 g/mol. The summed E-state index contributed by atoms with van der Waals surface area (Å²) in [5.74, 6) is 0. The molecule has 0 aromatic heterocycles. The van der Waals surface area contributed by atoms with Crippen LogP contribution in [0.5, 0.6) is 0 Å². The second kappa shape index (κ2) is 9.81. The highest BCUT2D eigenvalue weighted by molar-refractivity contribution is 7.93. The summed E-state index contributed by atoms with van der Waals surface area (Å²) in [6.45, 7) is 0. The summed E-state index contributed by atoms with van der Waals surface area (Å²) in [5, 5.41) is 2.26. The number of aliphatic imine (C=N–C) groups is 2. The standard InChI is InChI=1S/C7H5NOS2.C7H5NO/c9-11-7-3-1-6(2-4-7)8-5-10;9-6-8-7-4-2-1-3-5-7/h1-4,9H;1-5H. The molecule has 0 aliphatic rings. The van der Waals surface area contributed by atoms with Crippen molar-refractivity contribution in [3.8, 4) is 0 Å². The number of rotatable bonds is 3. The first kappa shape index (κ1) is 16.0. The van der Waals surface area contributed by atoms with Crippen LogP contribution in [0.2, 0.25) is 0 Å². The molecule has 0 saturated carbocycles. The molecule has 0 fully saturated rings. The molecule has 0 spiro atoms. The van der Waals surface area contributed by atoms with Crippen LogP contribution in [-0.4, -0.2) is 15.8 Å². The molecule has 0 saturated heterocycles. The molecular weight excluding hydrogens is 292 g/mol. The highest BCUT2D eigenvalue weighted by atomic mass is 32.2. The van der Waals surface area contributed by atoms with Crippen molar-refractivity contribution in [1.82, 2.24) is 0 Å². The second-order valence-corrected chi connectivity index (χ2v) is 4.16. The third kappa shape index (κ3) is 6.20. The number of isothiocyanates is 1. The maximum Gasteiger partial charge on any atom is 0.240 e. The molecule has 2 aromatic rings. The Morgan fingerprint density at radius 3 is 2.05 bits per heavy atom. The maximum absolute atomic E-state index is 9.68. The van der Waals surface area contributed by atoms with Crippen LogP contribution >= 0.6 is 24.3 Å². The van der Waals surface area contributed by atoms with E-state index in [9.17, 15) is 4.79 Å². The zero-order valence-corrected chi connectivity index (χ0v) is 11.9. The number of isocyanates is 1. The summed E-state index contributed by atoms with van der Waals surface area (Å²) >= 11 is 5.13. The number of benzene rings is 2. The van der Waals surface area contributed by atoms with Gasteiger partial charge in [0.2, 0.25) is 6.08 Å². The van der Waals surface area contributed by atoms with E-state index in [1.165, 1.54) is 6.08 Å². The van der Waals surface area contributed by atoms with Crippen molar-refractivity contribution in [2.75, 3.05) is 0 Å². The SMILES string of the molecule is O=C=Nc1ccccc1.OSc1ccc(N=C=S)cc1. The molecule has 1 N–H and O–H groups in total. The van der Waals surface area contributed by atoms with E-state index in [-0.39, 0.29) is 0 Å². The Labute approximate surface area is 126 Å². The van der Waals surface area contributed by atoms with Crippen molar-refractivity contribution < 1.29 is 9.35 Å². The van der Waals surface area contributed by atoms with Crippen LogP contribution in [0.25, 0.3) is 0 Å². The Morgan fingerprint density at radius 2 is 1.55 bits per heavy atom. The van der Waals surface area contributed by atoms with Crippen molar-refractivity contribution in [2.45, 2.75) is 4.90 Å². The number of para-hydroxylation sites is 1. The fourth-order valence-corrected chi connectivity index (χ4v) is 1.55. The molecule has 0 amide bonds. The zero-order chi connectivity index (χ0) is 14.6. The minimum atomic E-state index is 0.646. The Balaban J connectivity index is 0.000000204. The van der Waals surface area contributed by atoms with Crippen LogP contribution in [0.15, 0.2) is 69.5 Å². The van der Waals surface area contributed by atoms with Gasteiger partial charge in [-0.2, -0.15) is 9.98 Å². The molecule has 0 aliphatic heterocycles. The minimum Gasteiger partial charge on any atom is -0.325 e. The van der Waals surface area contributed by atoms with Gasteiger partial charge in [-0.15, -0.1) is 0 Å². The maximum atomic E-state index is 9.68. The van der Waals surface area contributed by atoms with Gasteiger partial charge in [-0.1, -0.05) is 18.2 Å². The average molecular weight is 302 g/mol. The van der Waals surface area contributed by atoms with Crippen molar-refractivity contribution in [2.24, 2.45) is 9.98 Å². The average Bonchev–Trinajstić information content (AvgIpc) is 2.50. The van der Waals surface area contributed by atoms with Gasteiger partial charge in [0, 0.05) is 16.9 Å². The number of hydrogen-bond acceptors (Lipinski definition) is 6. The summed E-state index contributed by atoms with van der Waals surface area (Å²) in [6, 6.07) is 16.0. The predicted octanol–water partition coefficient (Wildman–Crippen LogP) is 4.64. The molecule has 2 aromatic carbocycles. The van der Waals surface area contributed by atoms with E-state index in [2.05, 4.69) is 27.4 Å². The van der Waals surface area contributed by atoms with Crippen molar-refractivity contribution >= 4 is 46.9 Å². The third-order valence-electron chi connectivity index (χ3n) is 2.05. The van der Waals surface area contributed by atoms with Gasteiger partial charge in [0.1, 0.15) is 0 Å². The molecule has 0 radical (unpaired) electrons. The van der Waals surface area contributed by atoms with Gasteiger partial charge in [0.05, 0.1) is 16.5 Å². The van der Waals surface area contributed by atoms with Crippen molar-refractivity contribution in [1.29, 1.82) is 0 Å². The first-order valence-corrected chi connectivity index (χ1v) is 6.60. The summed E-state index contributed by atoms with van der Waals surface area (Å²) in [7, 11) is 0. The van der Waals surface area contributed by atoms with E-state index in [1.807, 2.05) is 18.2 Å². The van der Waals surface area contributed by atoms with Crippen LogP contribution < -0.4 is 0 Å². The fourth-order valence-electron chi connectivity index (χ4n) is 1.19. The van der Waals surface area contributed by atoms with Gasteiger partial charge in [0.15, 0.2) is 0 Å². The molecule has 0 heterocycles. The third-order valence-corrected chi connectivity index (χ3v) is 2.62. The molecule has 0 aliphatic carbocycles. The molecule has 6 heteroatoms. The van der Waals surface area contributed by atoms with Gasteiger partial charge in [-0.3, -0.25) is 0 Å². The highest BCUT2D eigenvalue weighted by Crippen LogP contribution is 2.18. The van der Waals surface area contributed by atoms with Crippen LogP contribution in [0, 0.1) is 0 Å². The quantitative estimate of drug-likeness (QED) is 0.388. The van der Waals surface area contributed by atoms with E-state index < -0.39 is 0 Å². The number of hydrogen-bond donors (Lipinski definition) is 1. The van der Waals surface area contributed by atoms with E-state index >= 15 is 0 Å². The summed E-state index contributed by atoms with van der Waals surface area (Å²) in [6.07, 6.45) is 1.46. The molecule has 4 nitrogen and oxygen atoms in total. The first-order chi connectivity index (χ1) is 9.80. The van der Waals surface area contributed by atoms with E-state index in [0.29, 0.717) is 17.7 Å². The summed E-state index contributed by atoms with van der Waals surface area (Å²) in [5.41, 5.74) is 1.39. The van der Waals surface area contributed by atoms with E-state index in [0.717, 1.165) is 10.6 Å². The smallest absolute Gasteiger partial charge is 0.240 e. The minimum absolute atomic E-state index is 0.646. The van der Waals surface area contributed by atoms with Crippen LogP contribution in [0.4, 0.5) is 11.4 Å². The molecule has 100 valence electrons. The lowest BCUT2D eigenvalue weighted by molar-refractivity contribution is 0.565. The Bertz CT molecular complexity index is 617. The lowest BCUT2D eigenvalue weighted by atomic mass is 10.3. The van der Waals surface area contributed by atoms with Gasteiger partial charge in [-0.05, 0) is 48.6 Å². The van der Waals surface area contributed by atoms with Gasteiger partial charge in [-0.25, -0.2) is 4.79 Å². The zero-order valence-electron chi connectivity index (χ0n) is 10.3. The van der Waals surface area contributed by atoms with Crippen molar-refractivity contribution in [3.05, 3.63) is 54.6 Å². The van der Waals surface area contributed by atoms with E-state index in [1.54, 1.807) is 36.4 Å². The molecule has 0 unspecified atom stereocenters. The summed E-state index contributed by atoms with van der Waals surface area (Å²) < 4.78 is 8.61. The number of nitrogens with zero attached hydrogens (tertiary/aromatic N) is 2. The van der Waals surface area contributed by atoms with E-state index in [4.69, 9.17) is 4.55 Å². The Kier molecular flexibility index (Phi) is 7.84. The summed E-state index contributed by atoms with van der Waals surface area (Å²) in [4.78, 5) is 17.6. The van der Waals surface area contributed by atoms with Crippen LogP contribution in [-0.2, 0) is 4.79 Å². The Morgan fingerprint density at radius 1 is 0.950 bits per heavy atom. The largest absolute Gasteiger partial charge is 0.325 e. The lowest BCUT2D eigenvalue weighted by Crippen LogP contribution is -1.67. The molecule has 20 heavy (non-hydrogen) atoms. The molecule has 0 bridgehead atoms. The van der Waals surface area contributed by atoms with Crippen LogP contribution in [0.3, 0.4) is 0 Å².